The number of hydrogen-bond acceptors (Lipinski definition) is 2. The van der Waals surface area contributed by atoms with Gasteiger partial charge in [0, 0.05) is 6.42 Å². The van der Waals surface area contributed by atoms with E-state index in [0.717, 1.165) is 18.4 Å². The van der Waals surface area contributed by atoms with Crippen LogP contribution in [0.15, 0.2) is 30.3 Å². The van der Waals surface area contributed by atoms with Gasteiger partial charge < -0.3 is 0 Å². The van der Waals surface area contributed by atoms with Crippen LogP contribution in [0.1, 0.15) is 30.7 Å². The van der Waals surface area contributed by atoms with E-state index in [1.165, 1.54) is 0 Å². The first-order valence-electron chi connectivity index (χ1n) is 4.70. The van der Waals surface area contributed by atoms with E-state index in [9.17, 15) is 0 Å². The summed E-state index contributed by atoms with van der Waals surface area (Å²) in [6.45, 7) is 0. The third-order valence-electron chi connectivity index (χ3n) is 2.14. The fourth-order valence-corrected chi connectivity index (χ4v) is 1.38. The standard InChI is InChI=1S/C12H12N2/c13-9-5-4-8-12(10-14)11-6-2-1-3-7-11/h1-3,6-7,12H,4-5,8H2/t12-/m0/s1. The molecule has 0 spiro atoms. The molecule has 0 unspecified atom stereocenters. The second-order valence-corrected chi connectivity index (χ2v) is 3.14. The zero-order valence-electron chi connectivity index (χ0n) is 7.98. The minimum atomic E-state index is -0.0652. The average Bonchev–Trinajstić information content (AvgIpc) is 2.26. The molecule has 1 aromatic carbocycles. The molecule has 0 aliphatic heterocycles. The molecule has 1 rings (SSSR count). The molecule has 0 N–H and O–H groups in total. The van der Waals surface area contributed by atoms with Crippen molar-refractivity contribution in [3.8, 4) is 12.1 Å². The molecule has 2 heteroatoms. The van der Waals surface area contributed by atoms with Gasteiger partial charge in [0.2, 0.25) is 0 Å². The molecule has 0 aliphatic rings. The quantitative estimate of drug-likeness (QED) is 0.675. The van der Waals surface area contributed by atoms with Gasteiger partial charge in [-0.3, -0.25) is 0 Å². The maximum atomic E-state index is 8.95. The minimum absolute atomic E-state index is 0.0652. The van der Waals surface area contributed by atoms with Crippen LogP contribution >= 0.6 is 0 Å². The predicted molar refractivity (Wildman–Crippen MR) is 54.3 cm³/mol. The van der Waals surface area contributed by atoms with Gasteiger partial charge in [0.1, 0.15) is 0 Å². The topological polar surface area (TPSA) is 47.6 Å². The zero-order valence-corrected chi connectivity index (χ0v) is 7.98. The highest BCUT2D eigenvalue weighted by Crippen LogP contribution is 2.20. The Balaban J connectivity index is 2.57. The summed E-state index contributed by atoms with van der Waals surface area (Å²) >= 11 is 0. The monoisotopic (exact) mass is 184 g/mol. The van der Waals surface area contributed by atoms with Crippen LogP contribution in [0.25, 0.3) is 0 Å². The molecule has 0 saturated carbocycles. The van der Waals surface area contributed by atoms with Gasteiger partial charge in [-0.2, -0.15) is 10.5 Å². The highest BCUT2D eigenvalue weighted by atomic mass is 14.3. The molecule has 0 bridgehead atoms. The van der Waals surface area contributed by atoms with E-state index in [0.29, 0.717) is 6.42 Å². The SMILES string of the molecule is N#CCCC[C@@H](C#N)c1ccccc1. The zero-order chi connectivity index (χ0) is 10.2. The number of hydrogen-bond donors (Lipinski definition) is 0. The Kier molecular flexibility index (Phi) is 4.24. The van der Waals surface area contributed by atoms with Crippen molar-refractivity contribution in [2.24, 2.45) is 0 Å². The third kappa shape index (κ3) is 2.92. The molecular formula is C12H12N2. The number of nitrogens with zero attached hydrogens (tertiary/aromatic N) is 2. The van der Waals surface area contributed by atoms with Gasteiger partial charge in [0.25, 0.3) is 0 Å². The van der Waals surface area contributed by atoms with Crippen LogP contribution in [0, 0.1) is 22.7 Å². The van der Waals surface area contributed by atoms with Gasteiger partial charge in [-0.1, -0.05) is 30.3 Å². The number of nitriles is 2. The first kappa shape index (κ1) is 10.3. The van der Waals surface area contributed by atoms with E-state index in [2.05, 4.69) is 12.1 Å². The second kappa shape index (κ2) is 5.78. The van der Waals surface area contributed by atoms with E-state index in [1.54, 1.807) is 0 Å². The van der Waals surface area contributed by atoms with Crippen molar-refractivity contribution >= 4 is 0 Å². The molecule has 70 valence electrons. The lowest BCUT2D eigenvalue weighted by Gasteiger charge is -2.06. The largest absolute Gasteiger partial charge is 0.198 e. The van der Waals surface area contributed by atoms with Crippen molar-refractivity contribution < 1.29 is 0 Å². The average molecular weight is 184 g/mol. The summed E-state index contributed by atoms with van der Waals surface area (Å²) in [6, 6.07) is 14.1. The predicted octanol–water partition coefficient (Wildman–Crippen LogP) is 2.99. The fraction of sp³-hybridized carbons (Fsp3) is 0.333. The Morgan fingerprint density at radius 2 is 1.86 bits per heavy atom. The summed E-state index contributed by atoms with van der Waals surface area (Å²) in [5.74, 6) is -0.0652. The fourth-order valence-electron chi connectivity index (χ4n) is 1.38. The summed E-state index contributed by atoms with van der Waals surface area (Å²) in [4.78, 5) is 0. The molecule has 0 radical (unpaired) electrons. The summed E-state index contributed by atoms with van der Waals surface area (Å²) in [7, 11) is 0. The van der Waals surface area contributed by atoms with Crippen molar-refractivity contribution in [1.82, 2.24) is 0 Å². The molecule has 0 saturated heterocycles. The van der Waals surface area contributed by atoms with E-state index in [4.69, 9.17) is 10.5 Å². The smallest absolute Gasteiger partial charge is 0.0713 e. The lowest BCUT2D eigenvalue weighted by atomic mass is 9.95. The van der Waals surface area contributed by atoms with Gasteiger partial charge in [0.05, 0.1) is 18.1 Å². The number of rotatable bonds is 4. The summed E-state index contributed by atoms with van der Waals surface area (Å²) in [5.41, 5.74) is 1.05. The Labute approximate surface area is 84.4 Å². The Hall–Kier alpha value is -1.80. The van der Waals surface area contributed by atoms with Crippen LogP contribution in [-0.4, -0.2) is 0 Å². The van der Waals surface area contributed by atoms with Gasteiger partial charge in [0.15, 0.2) is 0 Å². The van der Waals surface area contributed by atoms with E-state index in [-0.39, 0.29) is 5.92 Å². The van der Waals surface area contributed by atoms with Crippen LogP contribution < -0.4 is 0 Å². The first-order chi connectivity index (χ1) is 6.88. The summed E-state index contributed by atoms with van der Waals surface area (Å²) in [5, 5.41) is 17.3. The molecular weight excluding hydrogens is 172 g/mol. The lowest BCUT2D eigenvalue weighted by molar-refractivity contribution is 0.697. The van der Waals surface area contributed by atoms with Crippen LogP contribution in [-0.2, 0) is 0 Å². The van der Waals surface area contributed by atoms with Crippen LogP contribution in [0.4, 0.5) is 0 Å². The number of unbranched alkanes of at least 4 members (excludes halogenated alkanes) is 1. The second-order valence-electron chi connectivity index (χ2n) is 3.14. The van der Waals surface area contributed by atoms with Gasteiger partial charge in [-0.25, -0.2) is 0 Å². The van der Waals surface area contributed by atoms with Crippen molar-refractivity contribution in [2.75, 3.05) is 0 Å². The van der Waals surface area contributed by atoms with E-state index in [1.807, 2.05) is 30.3 Å². The minimum Gasteiger partial charge on any atom is -0.198 e. The molecule has 1 atom stereocenters. The Morgan fingerprint density at radius 3 is 2.43 bits per heavy atom. The highest BCUT2D eigenvalue weighted by molar-refractivity contribution is 5.24. The van der Waals surface area contributed by atoms with E-state index < -0.39 is 0 Å². The van der Waals surface area contributed by atoms with Crippen molar-refractivity contribution in [2.45, 2.75) is 25.2 Å². The first-order valence-corrected chi connectivity index (χ1v) is 4.70. The van der Waals surface area contributed by atoms with Gasteiger partial charge in [-0.15, -0.1) is 0 Å². The molecule has 14 heavy (non-hydrogen) atoms. The summed E-state index contributed by atoms with van der Waals surface area (Å²) in [6.07, 6.45) is 2.10. The van der Waals surface area contributed by atoms with Crippen LogP contribution in [0.3, 0.4) is 0 Å². The lowest BCUT2D eigenvalue weighted by Crippen LogP contribution is -1.94. The third-order valence-corrected chi connectivity index (χ3v) is 2.14. The van der Waals surface area contributed by atoms with Gasteiger partial charge >= 0.3 is 0 Å². The molecule has 0 aromatic heterocycles. The normalized spacial score (nSPS) is 11.3. The maximum Gasteiger partial charge on any atom is 0.0713 e. The molecule has 0 fully saturated rings. The molecule has 2 nitrogen and oxygen atoms in total. The van der Waals surface area contributed by atoms with E-state index >= 15 is 0 Å². The Bertz CT molecular complexity index is 343. The summed E-state index contributed by atoms with van der Waals surface area (Å²) < 4.78 is 0. The van der Waals surface area contributed by atoms with Gasteiger partial charge in [-0.05, 0) is 18.4 Å². The molecule has 0 aliphatic carbocycles. The highest BCUT2D eigenvalue weighted by Gasteiger charge is 2.08. The maximum absolute atomic E-state index is 8.95. The molecule has 0 heterocycles. The van der Waals surface area contributed by atoms with Crippen molar-refractivity contribution in [3.05, 3.63) is 35.9 Å². The molecule has 0 amide bonds. The van der Waals surface area contributed by atoms with Crippen LogP contribution in [0.2, 0.25) is 0 Å². The molecule has 1 aromatic rings. The Morgan fingerprint density at radius 1 is 1.14 bits per heavy atom. The van der Waals surface area contributed by atoms with Crippen LogP contribution in [0.5, 0.6) is 0 Å². The van der Waals surface area contributed by atoms with Crippen molar-refractivity contribution in [1.29, 1.82) is 10.5 Å². The number of benzene rings is 1. The van der Waals surface area contributed by atoms with Crippen molar-refractivity contribution in [3.63, 3.8) is 0 Å².